The van der Waals surface area contributed by atoms with Crippen LogP contribution in [0.15, 0.2) is 27.2 Å². The van der Waals surface area contributed by atoms with Crippen LogP contribution in [-0.4, -0.2) is 41.2 Å². The molecule has 1 aliphatic rings. The number of hydrogen-bond acceptors (Lipinski definition) is 5. The molecule has 0 saturated carbocycles. The van der Waals surface area contributed by atoms with E-state index in [2.05, 4.69) is 36.3 Å². The molecule has 1 aliphatic heterocycles. The van der Waals surface area contributed by atoms with Crippen LogP contribution in [0.25, 0.3) is 11.5 Å². The maximum Gasteiger partial charge on any atom is 0.259 e. The molecule has 0 amide bonds. The summed E-state index contributed by atoms with van der Waals surface area (Å²) in [6.07, 6.45) is 0. The Morgan fingerprint density at radius 2 is 2.15 bits per heavy atom. The average Bonchev–Trinajstić information content (AvgIpc) is 2.91. The normalized spacial score (nSPS) is 16.5. The molecule has 1 N–H and O–H groups in total. The molecule has 0 atom stereocenters. The van der Waals surface area contributed by atoms with E-state index in [1.165, 1.54) is 0 Å². The van der Waals surface area contributed by atoms with Gasteiger partial charge in [-0.25, -0.2) is 0 Å². The summed E-state index contributed by atoms with van der Waals surface area (Å²) >= 11 is 9.63. The monoisotopic (exact) mass is 356 g/mol. The van der Waals surface area contributed by atoms with Crippen LogP contribution in [-0.2, 0) is 6.54 Å². The van der Waals surface area contributed by atoms with E-state index in [0.29, 0.717) is 23.3 Å². The highest BCUT2D eigenvalue weighted by Crippen LogP contribution is 2.32. The molecule has 0 unspecified atom stereocenters. The second kappa shape index (κ2) is 6.22. The predicted octanol–water partition coefficient (Wildman–Crippen LogP) is 2.56. The molecule has 0 aliphatic carbocycles. The molecule has 2 heterocycles. The van der Waals surface area contributed by atoms with Gasteiger partial charge < -0.3 is 9.84 Å². The fraction of sp³-hybridized carbons (Fsp3) is 0.385. The highest BCUT2D eigenvalue weighted by molar-refractivity contribution is 9.10. The van der Waals surface area contributed by atoms with Crippen LogP contribution in [0, 0.1) is 0 Å². The summed E-state index contributed by atoms with van der Waals surface area (Å²) in [7, 11) is 0. The first kappa shape index (κ1) is 14.0. The number of benzene rings is 1. The van der Waals surface area contributed by atoms with Crippen molar-refractivity contribution in [3.05, 3.63) is 33.5 Å². The zero-order valence-electron chi connectivity index (χ0n) is 10.8. The van der Waals surface area contributed by atoms with Gasteiger partial charge in [-0.15, -0.1) is 0 Å². The molecular formula is C13H14BrClN4O. The smallest absolute Gasteiger partial charge is 0.259 e. The summed E-state index contributed by atoms with van der Waals surface area (Å²) < 4.78 is 6.14. The molecule has 7 heteroatoms. The van der Waals surface area contributed by atoms with Gasteiger partial charge in [-0.2, -0.15) is 4.98 Å². The topological polar surface area (TPSA) is 54.2 Å². The van der Waals surface area contributed by atoms with Gasteiger partial charge >= 0.3 is 0 Å². The van der Waals surface area contributed by atoms with Gasteiger partial charge in [0.05, 0.1) is 17.1 Å². The molecule has 5 nitrogen and oxygen atoms in total. The SMILES string of the molecule is Clc1c(Br)cccc1-c1nc(CN2CCNCC2)no1. The largest absolute Gasteiger partial charge is 0.334 e. The summed E-state index contributed by atoms with van der Waals surface area (Å²) in [6.45, 7) is 4.71. The van der Waals surface area contributed by atoms with Crippen molar-refractivity contribution in [2.24, 2.45) is 0 Å². The van der Waals surface area contributed by atoms with Crippen molar-refractivity contribution in [1.82, 2.24) is 20.4 Å². The lowest BCUT2D eigenvalue weighted by Crippen LogP contribution is -2.43. The minimum atomic E-state index is 0.460. The molecule has 0 spiro atoms. The van der Waals surface area contributed by atoms with Crippen LogP contribution in [0.5, 0.6) is 0 Å². The quantitative estimate of drug-likeness (QED) is 0.915. The van der Waals surface area contributed by atoms with Crippen LogP contribution < -0.4 is 5.32 Å². The van der Waals surface area contributed by atoms with Gasteiger partial charge in [-0.1, -0.05) is 22.8 Å². The standard InChI is InChI=1S/C13H14BrClN4O/c14-10-3-1-2-9(12(10)15)13-17-11(18-20-13)8-19-6-4-16-5-7-19/h1-3,16H,4-8H2. The fourth-order valence-corrected chi connectivity index (χ4v) is 2.74. The Kier molecular flexibility index (Phi) is 4.35. The van der Waals surface area contributed by atoms with Crippen LogP contribution in [0.2, 0.25) is 5.02 Å². The Hall–Kier alpha value is -0.950. The molecule has 1 fully saturated rings. The first-order valence-corrected chi connectivity index (χ1v) is 7.61. The number of hydrogen-bond donors (Lipinski definition) is 1. The maximum absolute atomic E-state index is 6.24. The van der Waals surface area contributed by atoms with E-state index in [9.17, 15) is 0 Å². The van der Waals surface area contributed by atoms with E-state index in [1.54, 1.807) is 0 Å². The molecule has 106 valence electrons. The molecule has 0 radical (unpaired) electrons. The second-order valence-corrected chi connectivity index (χ2v) is 5.88. The zero-order valence-corrected chi connectivity index (χ0v) is 13.1. The van der Waals surface area contributed by atoms with E-state index >= 15 is 0 Å². The van der Waals surface area contributed by atoms with Crippen molar-refractivity contribution < 1.29 is 4.52 Å². The molecule has 20 heavy (non-hydrogen) atoms. The van der Waals surface area contributed by atoms with Crippen molar-refractivity contribution in [3.8, 4) is 11.5 Å². The Morgan fingerprint density at radius 1 is 1.35 bits per heavy atom. The van der Waals surface area contributed by atoms with Gasteiger partial charge in [-0.3, -0.25) is 4.90 Å². The minimum Gasteiger partial charge on any atom is -0.334 e. The highest BCUT2D eigenvalue weighted by atomic mass is 79.9. The van der Waals surface area contributed by atoms with E-state index in [1.807, 2.05) is 18.2 Å². The lowest BCUT2D eigenvalue weighted by Gasteiger charge is -2.25. The first-order chi connectivity index (χ1) is 9.74. The summed E-state index contributed by atoms with van der Waals surface area (Å²) in [6, 6.07) is 5.64. The van der Waals surface area contributed by atoms with E-state index in [0.717, 1.165) is 36.2 Å². The van der Waals surface area contributed by atoms with E-state index < -0.39 is 0 Å². The van der Waals surface area contributed by atoms with Gasteiger partial charge in [0.1, 0.15) is 0 Å². The lowest BCUT2D eigenvalue weighted by molar-refractivity contribution is 0.225. The number of piperazine rings is 1. The van der Waals surface area contributed by atoms with Gasteiger partial charge in [0.25, 0.3) is 5.89 Å². The lowest BCUT2D eigenvalue weighted by atomic mass is 10.2. The molecule has 1 saturated heterocycles. The van der Waals surface area contributed by atoms with Crippen LogP contribution in [0.3, 0.4) is 0 Å². The van der Waals surface area contributed by atoms with Crippen LogP contribution in [0.1, 0.15) is 5.82 Å². The first-order valence-electron chi connectivity index (χ1n) is 6.44. The summed E-state index contributed by atoms with van der Waals surface area (Å²) in [5, 5.41) is 7.94. The molecule has 2 aromatic rings. The number of aromatic nitrogens is 2. The number of nitrogens with one attached hydrogen (secondary N) is 1. The third kappa shape index (κ3) is 3.03. The van der Waals surface area contributed by atoms with Crippen molar-refractivity contribution in [3.63, 3.8) is 0 Å². The van der Waals surface area contributed by atoms with Crippen LogP contribution >= 0.6 is 27.5 Å². The minimum absolute atomic E-state index is 0.460. The molecule has 3 rings (SSSR count). The molecule has 1 aromatic heterocycles. The highest BCUT2D eigenvalue weighted by Gasteiger charge is 2.16. The van der Waals surface area contributed by atoms with Crippen molar-refractivity contribution in [2.75, 3.05) is 26.2 Å². The third-order valence-corrected chi connectivity index (χ3v) is 4.52. The van der Waals surface area contributed by atoms with Crippen molar-refractivity contribution in [1.29, 1.82) is 0 Å². The van der Waals surface area contributed by atoms with Crippen LogP contribution in [0.4, 0.5) is 0 Å². The van der Waals surface area contributed by atoms with E-state index in [4.69, 9.17) is 16.1 Å². The molecular weight excluding hydrogens is 344 g/mol. The zero-order chi connectivity index (χ0) is 13.9. The fourth-order valence-electron chi connectivity index (χ4n) is 2.17. The summed E-state index contributed by atoms with van der Waals surface area (Å²) in [5.74, 6) is 1.15. The Morgan fingerprint density at radius 3 is 2.95 bits per heavy atom. The maximum atomic E-state index is 6.24. The average molecular weight is 358 g/mol. The van der Waals surface area contributed by atoms with E-state index in [-0.39, 0.29) is 0 Å². The Labute approximate surface area is 130 Å². The predicted molar refractivity (Wildman–Crippen MR) is 80.6 cm³/mol. The third-order valence-electron chi connectivity index (χ3n) is 3.22. The molecule has 0 bridgehead atoms. The summed E-state index contributed by atoms with van der Waals surface area (Å²) in [4.78, 5) is 6.73. The second-order valence-electron chi connectivity index (χ2n) is 4.64. The number of nitrogens with zero attached hydrogens (tertiary/aromatic N) is 3. The number of rotatable bonds is 3. The molecule has 1 aromatic carbocycles. The van der Waals surface area contributed by atoms with Crippen molar-refractivity contribution >= 4 is 27.5 Å². The number of halogens is 2. The van der Waals surface area contributed by atoms with Gasteiger partial charge in [0.15, 0.2) is 5.82 Å². The van der Waals surface area contributed by atoms with Gasteiger partial charge in [-0.05, 0) is 28.1 Å². The Balaban J connectivity index is 1.77. The van der Waals surface area contributed by atoms with Gasteiger partial charge in [0.2, 0.25) is 0 Å². The Bertz CT molecular complexity index is 598. The van der Waals surface area contributed by atoms with Gasteiger partial charge in [0, 0.05) is 30.7 Å². The van der Waals surface area contributed by atoms with Crippen molar-refractivity contribution in [2.45, 2.75) is 6.54 Å². The summed E-state index contributed by atoms with van der Waals surface area (Å²) in [5.41, 5.74) is 0.750.